The maximum absolute atomic E-state index is 10.7. The van der Waals surface area contributed by atoms with Gasteiger partial charge in [-0.2, -0.15) is 10.2 Å². The first-order valence-corrected chi connectivity index (χ1v) is 12.4. The van der Waals surface area contributed by atoms with Crippen LogP contribution in [0.5, 0.6) is 5.75 Å². The van der Waals surface area contributed by atoms with Gasteiger partial charge in [0.15, 0.2) is 0 Å². The highest BCUT2D eigenvalue weighted by Crippen LogP contribution is 2.50. The Morgan fingerprint density at radius 3 is 2.58 bits per heavy atom. The van der Waals surface area contributed by atoms with E-state index < -0.39 is 10.7 Å². The monoisotopic (exact) mass is 476 g/mol. The summed E-state index contributed by atoms with van der Waals surface area (Å²) in [6, 6.07) is 13.7. The molecule has 4 rings (SSSR count). The number of benzene rings is 2. The first kappa shape index (κ1) is 26.2. The Kier molecular flexibility index (Phi) is 6.74. The number of fused-ring (bicyclic) bond motifs is 1. The summed E-state index contributed by atoms with van der Waals surface area (Å²) in [6.07, 6.45) is 0.802. The third kappa shape index (κ3) is 4.89. The van der Waals surface area contributed by atoms with E-state index in [4.69, 9.17) is 14.2 Å². The van der Waals surface area contributed by atoms with Crippen LogP contribution < -0.4 is 10.1 Å². The summed E-state index contributed by atoms with van der Waals surface area (Å²) < 4.78 is 11.4. The number of nitriles is 1. The van der Waals surface area contributed by atoms with Crippen molar-refractivity contribution < 1.29 is 14.4 Å². The highest BCUT2D eigenvalue weighted by Gasteiger charge is 2.45. The van der Waals surface area contributed by atoms with E-state index >= 15 is 0 Å². The number of hydrogen-bond donors (Lipinski definition) is 2. The number of aromatic nitrogens is 2. The van der Waals surface area contributed by atoms with Gasteiger partial charge in [-0.25, -0.2) is 0 Å². The van der Waals surface area contributed by atoms with Crippen LogP contribution in [0.15, 0.2) is 40.9 Å². The second kappa shape index (κ2) is 9.24. The van der Waals surface area contributed by atoms with Gasteiger partial charge in [-0.1, -0.05) is 28.6 Å². The summed E-state index contributed by atoms with van der Waals surface area (Å²) >= 11 is 0. The molecule has 1 aliphatic carbocycles. The number of hydrogen-bond acceptors (Lipinski definition) is 7. The Bertz CT molecular complexity index is 1330. The zero-order valence-corrected chi connectivity index (χ0v) is 22.4. The van der Waals surface area contributed by atoms with Gasteiger partial charge in [0.25, 0.3) is 5.89 Å². The molecule has 0 fully saturated rings. The summed E-state index contributed by atoms with van der Waals surface area (Å²) in [5.74, 6) is 1.40. The van der Waals surface area contributed by atoms with Crippen molar-refractivity contribution in [2.75, 3.05) is 0 Å². The summed E-state index contributed by atoms with van der Waals surface area (Å²) in [5.41, 5.74) is 4.38. The van der Waals surface area contributed by atoms with Gasteiger partial charge in [0.2, 0.25) is 5.82 Å². The van der Waals surface area contributed by atoms with Crippen molar-refractivity contribution in [3.8, 4) is 34.7 Å². The van der Waals surface area contributed by atoms with Gasteiger partial charge in [-0.05, 0) is 54.9 Å². The van der Waals surface area contributed by atoms with Gasteiger partial charge in [-0.3, -0.25) is 0 Å². The van der Waals surface area contributed by atoms with Crippen LogP contribution in [0.25, 0.3) is 22.8 Å². The molecule has 0 amide bonds. The Hall–Kier alpha value is -2.82. The van der Waals surface area contributed by atoms with Crippen molar-refractivity contribution in [1.29, 1.82) is 5.26 Å². The fourth-order valence-corrected chi connectivity index (χ4v) is 4.63. The first-order valence-electron chi connectivity index (χ1n) is 12.4. The van der Waals surface area contributed by atoms with E-state index in [0.29, 0.717) is 28.6 Å². The van der Waals surface area contributed by atoms with Gasteiger partial charge in [0.05, 0.1) is 11.7 Å². The zero-order chi connectivity index (χ0) is 26.5. The lowest BCUT2D eigenvalue weighted by Crippen LogP contribution is -2.66. The van der Waals surface area contributed by atoms with E-state index in [0.717, 1.165) is 12.0 Å². The highest BCUT2D eigenvalue weighted by molar-refractivity contribution is 6.53. The van der Waals surface area contributed by atoms with E-state index in [1.165, 1.54) is 11.1 Å². The lowest BCUT2D eigenvalue weighted by molar-refractivity contribution is 0.168. The standard InChI is InChI=1S/C23H30B6N4O3/c1-11(2)35-17-7-6-12(8-13(17)10-30)20-31-19(33-36-20)15-5-3-4-14-16(15)9-21(24,25)18(14)32-22(26,27)23(28,29)34/h3-8,11,18,32,34H,9,24-29H2,1-2H3/t18-/m1/s1. The molecule has 0 radical (unpaired) electrons. The predicted octanol–water partition coefficient (Wildman–Crippen LogP) is -2.54. The second-order valence-electron chi connectivity index (χ2n) is 11.7. The topological polar surface area (TPSA) is 104 Å². The number of nitrogens with one attached hydrogen (secondary N) is 1. The lowest BCUT2D eigenvalue weighted by Gasteiger charge is -2.45. The molecule has 2 aromatic carbocycles. The lowest BCUT2D eigenvalue weighted by atomic mass is 9.39. The van der Waals surface area contributed by atoms with Crippen molar-refractivity contribution in [2.24, 2.45) is 0 Å². The van der Waals surface area contributed by atoms with Crippen molar-refractivity contribution in [2.45, 2.75) is 48.4 Å². The Labute approximate surface area is 218 Å². The van der Waals surface area contributed by atoms with E-state index in [-0.39, 0.29) is 17.4 Å². The van der Waals surface area contributed by atoms with Crippen LogP contribution >= 0.6 is 0 Å². The summed E-state index contributed by atoms with van der Waals surface area (Å²) in [6.45, 7) is 3.84. The Morgan fingerprint density at radius 1 is 1.22 bits per heavy atom. The normalized spacial score (nSPS) is 17.0. The van der Waals surface area contributed by atoms with Crippen molar-refractivity contribution in [3.63, 3.8) is 0 Å². The molecule has 178 valence electrons. The largest absolute Gasteiger partial charge is 0.490 e. The first-order chi connectivity index (χ1) is 16.7. The molecule has 0 saturated heterocycles. The quantitative estimate of drug-likeness (QED) is 0.363. The molecule has 2 N–H and O–H groups in total. The molecule has 7 nitrogen and oxygen atoms in total. The molecular formula is C23H30B6N4O3. The van der Waals surface area contributed by atoms with E-state index in [1.54, 1.807) is 12.1 Å². The molecule has 3 aromatic rings. The van der Waals surface area contributed by atoms with Gasteiger partial charge >= 0.3 is 0 Å². The van der Waals surface area contributed by atoms with Crippen molar-refractivity contribution in [3.05, 3.63) is 53.1 Å². The minimum atomic E-state index is -0.899. The SMILES string of the molecule is BC1(B)Cc2c(-c3noc(-c4ccc(OC(C)C)c(C#N)c4)n3)cccc2[C@H]1NC(B)(B)C(B)(B)O. The van der Waals surface area contributed by atoms with Crippen LogP contribution in [0.3, 0.4) is 0 Å². The molecular weight excluding hydrogens is 445 g/mol. The average Bonchev–Trinajstić information content (AvgIpc) is 3.35. The number of aliphatic hydroxyl groups is 1. The maximum Gasteiger partial charge on any atom is 0.258 e. The minimum Gasteiger partial charge on any atom is -0.490 e. The van der Waals surface area contributed by atoms with Crippen LogP contribution in [0.4, 0.5) is 0 Å². The fourth-order valence-electron chi connectivity index (χ4n) is 4.63. The summed E-state index contributed by atoms with van der Waals surface area (Å²) in [4.78, 5) is 4.69. The highest BCUT2D eigenvalue weighted by atomic mass is 16.5. The number of nitrogens with zero attached hydrogens (tertiary/aromatic N) is 3. The minimum absolute atomic E-state index is 0.0327. The summed E-state index contributed by atoms with van der Waals surface area (Å²) in [5, 5.41) is 26.9. The number of rotatable bonds is 7. The van der Waals surface area contributed by atoms with Gasteiger partial charge in [0, 0.05) is 22.6 Å². The molecule has 1 atom stereocenters. The van der Waals surface area contributed by atoms with Crippen LogP contribution in [0.1, 0.15) is 36.6 Å². The predicted molar refractivity (Wildman–Crippen MR) is 157 cm³/mol. The van der Waals surface area contributed by atoms with Crippen LogP contribution in [0.2, 0.25) is 5.21 Å². The van der Waals surface area contributed by atoms with Gasteiger partial charge < -0.3 is 19.7 Å². The molecule has 0 unspecified atom stereocenters. The molecule has 0 aliphatic heterocycles. The molecule has 0 saturated carbocycles. The molecule has 1 heterocycles. The maximum atomic E-state index is 10.7. The summed E-state index contributed by atoms with van der Waals surface area (Å²) in [7, 11) is 12.2. The van der Waals surface area contributed by atoms with E-state index in [1.807, 2.05) is 63.4 Å². The van der Waals surface area contributed by atoms with Gasteiger partial charge in [-0.15, -0.1) is 0 Å². The zero-order valence-electron chi connectivity index (χ0n) is 22.4. The average molecular weight is 475 g/mol. The molecule has 1 aliphatic rings. The third-order valence-electron chi connectivity index (χ3n) is 7.35. The molecule has 36 heavy (non-hydrogen) atoms. The second-order valence-corrected chi connectivity index (χ2v) is 11.7. The van der Waals surface area contributed by atoms with Crippen LogP contribution in [-0.2, 0) is 6.42 Å². The van der Waals surface area contributed by atoms with Crippen molar-refractivity contribution >= 4 is 47.1 Å². The van der Waals surface area contributed by atoms with Crippen LogP contribution in [0, 0.1) is 11.3 Å². The molecule has 0 spiro atoms. The Morgan fingerprint density at radius 2 is 1.94 bits per heavy atom. The van der Waals surface area contributed by atoms with Crippen molar-refractivity contribution in [1.82, 2.24) is 15.5 Å². The molecule has 13 heteroatoms. The molecule has 0 bridgehead atoms. The fraction of sp³-hybridized carbons (Fsp3) is 0.348. The van der Waals surface area contributed by atoms with E-state index in [9.17, 15) is 10.4 Å². The smallest absolute Gasteiger partial charge is 0.258 e. The van der Waals surface area contributed by atoms with E-state index in [2.05, 4.69) is 38.3 Å². The van der Waals surface area contributed by atoms with Gasteiger partial charge in [0.1, 0.15) is 58.9 Å². The Balaban J connectivity index is 1.69. The number of ether oxygens (including phenoxy) is 1. The molecule has 1 aromatic heterocycles. The van der Waals surface area contributed by atoms with Crippen LogP contribution in [-0.4, -0.2) is 79.2 Å². The third-order valence-corrected chi connectivity index (χ3v) is 7.35.